The molecule has 2 fully saturated rings. The van der Waals surface area contributed by atoms with Crippen LogP contribution in [0.1, 0.15) is 38.6 Å². The number of aromatic nitrogens is 2. The summed E-state index contributed by atoms with van der Waals surface area (Å²) >= 11 is 1.36. The normalized spacial score (nSPS) is 17.1. The Morgan fingerprint density at radius 1 is 0.895 bits per heavy atom. The van der Waals surface area contributed by atoms with Crippen LogP contribution in [0.3, 0.4) is 0 Å². The Balaban J connectivity index is 1.07. The molecule has 2 aromatic heterocycles. The summed E-state index contributed by atoms with van der Waals surface area (Å²) in [6.45, 7) is 2.88. The van der Waals surface area contributed by atoms with Crippen molar-refractivity contribution in [2.45, 2.75) is 19.0 Å². The van der Waals surface area contributed by atoms with Crippen LogP contribution in [-0.4, -0.2) is 57.3 Å². The van der Waals surface area contributed by atoms with E-state index in [0.29, 0.717) is 41.2 Å². The van der Waals surface area contributed by atoms with Crippen LogP contribution in [0.2, 0.25) is 0 Å². The number of halogens is 3. The van der Waals surface area contributed by atoms with Crippen LogP contribution in [0.4, 0.5) is 13.2 Å². The van der Waals surface area contributed by atoms with Crippen molar-refractivity contribution in [2.75, 3.05) is 26.2 Å². The molecule has 2 aliphatic heterocycles. The Morgan fingerprint density at radius 2 is 1.63 bits per heavy atom. The third-order valence-electron chi connectivity index (χ3n) is 7.72. The molecular formula is C28H25F3N4O2S. The SMILES string of the molecule is O=C(c1ccc2c(ccn2-c2ccc(C(F)(F)F)cc2)c1)N1CCC(C2CN(C(=O)c3nccs3)C2)CC1. The Morgan fingerprint density at radius 3 is 2.29 bits per heavy atom. The van der Waals surface area contributed by atoms with E-state index in [2.05, 4.69) is 4.98 Å². The molecule has 4 aromatic rings. The maximum Gasteiger partial charge on any atom is 0.416 e. The van der Waals surface area contributed by atoms with E-state index >= 15 is 0 Å². The van der Waals surface area contributed by atoms with Gasteiger partial charge in [-0.1, -0.05) is 0 Å². The summed E-state index contributed by atoms with van der Waals surface area (Å²) in [5.41, 5.74) is 1.36. The average molecular weight is 539 g/mol. The van der Waals surface area contributed by atoms with Crippen molar-refractivity contribution in [3.8, 4) is 5.69 Å². The predicted octanol–water partition coefficient (Wildman–Crippen LogP) is 5.73. The number of amides is 2. The van der Waals surface area contributed by atoms with Crippen molar-refractivity contribution >= 4 is 34.1 Å². The number of fused-ring (bicyclic) bond motifs is 1. The highest BCUT2D eigenvalue weighted by molar-refractivity contribution is 7.11. The molecule has 2 amide bonds. The van der Waals surface area contributed by atoms with Gasteiger partial charge < -0.3 is 14.4 Å². The highest BCUT2D eigenvalue weighted by Crippen LogP contribution is 2.34. The minimum atomic E-state index is -4.37. The molecule has 0 N–H and O–H groups in total. The van der Waals surface area contributed by atoms with Crippen LogP contribution in [0.5, 0.6) is 0 Å². The molecule has 0 bridgehead atoms. The maximum absolute atomic E-state index is 13.2. The van der Waals surface area contributed by atoms with E-state index in [9.17, 15) is 22.8 Å². The highest BCUT2D eigenvalue weighted by Gasteiger charge is 2.39. The predicted molar refractivity (Wildman–Crippen MR) is 138 cm³/mol. The van der Waals surface area contributed by atoms with Gasteiger partial charge in [0, 0.05) is 60.6 Å². The van der Waals surface area contributed by atoms with E-state index in [1.54, 1.807) is 18.5 Å². The van der Waals surface area contributed by atoms with Gasteiger partial charge in [-0.2, -0.15) is 13.2 Å². The fraction of sp³-hybridized carbons (Fsp3) is 0.321. The fourth-order valence-corrected chi connectivity index (χ4v) is 6.11. The van der Waals surface area contributed by atoms with Crippen LogP contribution < -0.4 is 0 Å². The Bertz CT molecular complexity index is 1470. The maximum atomic E-state index is 13.2. The first-order valence-electron chi connectivity index (χ1n) is 12.5. The largest absolute Gasteiger partial charge is 0.416 e. The molecule has 4 heterocycles. The zero-order valence-corrected chi connectivity index (χ0v) is 21.2. The number of alkyl halides is 3. The quantitative estimate of drug-likeness (QED) is 0.334. The van der Waals surface area contributed by atoms with Crippen LogP contribution in [0, 0.1) is 11.8 Å². The molecule has 0 spiro atoms. The third-order valence-corrected chi connectivity index (χ3v) is 8.48. The molecule has 0 atom stereocenters. The van der Waals surface area contributed by atoms with Gasteiger partial charge >= 0.3 is 6.18 Å². The molecule has 0 radical (unpaired) electrons. The number of hydrogen-bond acceptors (Lipinski definition) is 4. The van der Waals surface area contributed by atoms with Gasteiger partial charge in [0.05, 0.1) is 11.1 Å². The Labute approximate surface area is 221 Å². The monoisotopic (exact) mass is 538 g/mol. The number of nitrogens with zero attached hydrogens (tertiary/aromatic N) is 4. The molecule has 2 aromatic carbocycles. The number of carbonyl (C=O) groups excluding carboxylic acids is 2. The van der Waals surface area contributed by atoms with Gasteiger partial charge in [0.25, 0.3) is 11.8 Å². The average Bonchev–Trinajstić information content (AvgIpc) is 3.57. The molecule has 196 valence electrons. The molecule has 2 aliphatic rings. The lowest BCUT2D eigenvalue weighted by atomic mass is 9.79. The molecule has 2 saturated heterocycles. The number of carbonyl (C=O) groups is 2. The lowest BCUT2D eigenvalue weighted by Gasteiger charge is -2.45. The van der Waals surface area contributed by atoms with Gasteiger partial charge in [-0.25, -0.2) is 4.98 Å². The summed E-state index contributed by atoms with van der Waals surface area (Å²) in [5.74, 6) is 0.963. The van der Waals surface area contributed by atoms with E-state index in [1.807, 2.05) is 37.9 Å². The van der Waals surface area contributed by atoms with E-state index in [4.69, 9.17) is 0 Å². The van der Waals surface area contributed by atoms with Gasteiger partial charge in [0.15, 0.2) is 5.01 Å². The minimum absolute atomic E-state index is 0.00594. The standard InChI is InChI=1S/C28H25F3N4O2S/c29-28(30,31)22-2-4-23(5-3-22)35-13-9-19-15-20(1-6-24(19)35)26(36)33-11-7-18(8-12-33)21-16-34(17-21)27(37)25-32-10-14-38-25/h1-6,9-10,13-15,18,21H,7-8,11-12,16-17H2. The topological polar surface area (TPSA) is 58.4 Å². The van der Waals surface area contributed by atoms with Crippen molar-refractivity contribution in [3.63, 3.8) is 0 Å². The van der Waals surface area contributed by atoms with Crippen LogP contribution in [0.15, 0.2) is 66.3 Å². The van der Waals surface area contributed by atoms with Crippen molar-refractivity contribution in [2.24, 2.45) is 11.8 Å². The Hall–Kier alpha value is -3.66. The summed E-state index contributed by atoms with van der Waals surface area (Å²) in [5, 5.41) is 3.20. The number of rotatable bonds is 4. The van der Waals surface area contributed by atoms with Crippen LogP contribution in [-0.2, 0) is 6.18 Å². The molecule has 6 nitrogen and oxygen atoms in total. The van der Waals surface area contributed by atoms with E-state index in [1.165, 1.54) is 23.5 Å². The van der Waals surface area contributed by atoms with Gasteiger partial charge in [0.1, 0.15) is 0 Å². The lowest BCUT2D eigenvalue weighted by molar-refractivity contribution is -0.137. The molecular weight excluding hydrogens is 513 g/mol. The zero-order chi connectivity index (χ0) is 26.4. The van der Waals surface area contributed by atoms with E-state index in [-0.39, 0.29) is 11.8 Å². The van der Waals surface area contributed by atoms with Crippen molar-refractivity contribution in [1.82, 2.24) is 19.4 Å². The summed E-state index contributed by atoms with van der Waals surface area (Å²) < 4.78 is 40.5. The first-order valence-corrected chi connectivity index (χ1v) is 13.4. The second-order valence-corrected chi connectivity index (χ2v) is 10.8. The molecule has 38 heavy (non-hydrogen) atoms. The summed E-state index contributed by atoms with van der Waals surface area (Å²) in [6, 6.07) is 12.4. The van der Waals surface area contributed by atoms with Gasteiger partial charge in [0.2, 0.25) is 0 Å². The second kappa shape index (κ2) is 9.58. The van der Waals surface area contributed by atoms with Crippen molar-refractivity contribution in [3.05, 3.63) is 82.4 Å². The molecule has 0 unspecified atom stereocenters. The number of benzene rings is 2. The van der Waals surface area contributed by atoms with E-state index in [0.717, 1.165) is 49.0 Å². The van der Waals surface area contributed by atoms with Gasteiger partial charge in [-0.05, 0) is 73.2 Å². The molecule has 10 heteroatoms. The van der Waals surface area contributed by atoms with Gasteiger partial charge in [-0.15, -0.1) is 11.3 Å². The second-order valence-electron chi connectivity index (χ2n) is 9.94. The number of piperidine rings is 1. The lowest BCUT2D eigenvalue weighted by Crippen LogP contribution is -2.54. The van der Waals surface area contributed by atoms with E-state index < -0.39 is 11.7 Å². The Kier molecular flexibility index (Phi) is 6.22. The van der Waals surface area contributed by atoms with Crippen LogP contribution in [0.25, 0.3) is 16.6 Å². The third kappa shape index (κ3) is 4.57. The first-order chi connectivity index (χ1) is 18.3. The fourth-order valence-electron chi connectivity index (χ4n) is 5.51. The van der Waals surface area contributed by atoms with Crippen molar-refractivity contribution in [1.29, 1.82) is 0 Å². The minimum Gasteiger partial charge on any atom is -0.339 e. The zero-order valence-electron chi connectivity index (χ0n) is 20.4. The van der Waals surface area contributed by atoms with Crippen LogP contribution >= 0.6 is 11.3 Å². The number of likely N-dealkylation sites (tertiary alicyclic amines) is 2. The molecule has 0 aliphatic carbocycles. The number of hydrogen-bond donors (Lipinski definition) is 0. The highest BCUT2D eigenvalue weighted by atomic mass is 32.1. The number of thiazole rings is 1. The van der Waals surface area contributed by atoms with Gasteiger partial charge in [-0.3, -0.25) is 9.59 Å². The smallest absolute Gasteiger partial charge is 0.339 e. The summed E-state index contributed by atoms with van der Waals surface area (Å²) in [6.07, 6.45) is 0.910. The summed E-state index contributed by atoms with van der Waals surface area (Å²) in [7, 11) is 0. The molecule has 6 rings (SSSR count). The first kappa shape index (κ1) is 24.7. The van der Waals surface area contributed by atoms with Crippen molar-refractivity contribution < 1.29 is 22.8 Å². The molecule has 0 saturated carbocycles. The summed E-state index contributed by atoms with van der Waals surface area (Å²) in [4.78, 5) is 33.5.